The molecule has 0 atom stereocenters. The number of nitrogens with two attached hydrogens (primary N) is 1. The molecule has 0 saturated carbocycles. The SMILES string of the molecule is C=C=Cc1cc(N)on1. The highest BCUT2D eigenvalue weighted by molar-refractivity contribution is 5.46. The van der Waals surface area contributed by atoms with Gasteiger partial charge in [-0.15, -0.1) is 5.73 Å². The van der Waals surface area contributed by atoms with Crippen molar-refractivity contribution in [2.45, 2.75) is 0 Å². The quantitative estimate of drug-likeness (QED) is 0.566. The van der Waals surface area contributed by atoms with Crippen molar-refractivity contribution in [1.82, 2.24) is 5.16 Å². The average molecular weight is 122 g/mol. The molecule has 1 aromatic rings. The van der Waals surface area contributed by atoms with Crippen LogP contribution < -0.4 is 5.73 Å². The first-order valence-corrected chi connectivity index (χ1v) is 2.41. The minimum atomic E-state index is 0.302. The molecule has 1 heterocycles. The minimum Gasteiger partial charge on any atom is -0.368 e. The Hall–Kier alpha value is -1.47. The lowest BCUT2D eigenvalue weighted by Gasteiger charge is -1.68. The summed E-state index contributed by atoms with van der Waals surface area (Å²) >= 11 is 0. The van der Waals surface area contributed by atoms with Crippen molar-refractivity contribution in [3.63, 3.8) is 0 Å². The van der Waals surface area contributed by atoms with E-state index >= 15 is 0 Å². The van der Waals surface area contributed by atoms with Gasteiger partial charge in [0, 0.05) is 12.1 Å². The van der Waals surface area contributed by atoms with E-state index in [4.69, 9.17) is 5.73 Å². The monoisotopic (exact) mass is 122 g/mol. The zero-order valence-electron chi connectivity index (χ0n) is 4.79. The van der Waals surface area contributed by atoms with Gasteiger partial charge in [-0.3, -0.25) is 0 Å². The molecule has 0 fully saturated rings. The van der Waals surface area contributed by atoms with E-state index in [1.165, 1.54) is 0 Å². The van der Waals surface area contributed by atoms with Gasteiger partial charge in [0.25, 0.3) is 0 Å². The highest BCUT2D eigenvalue weighted by Gasteiger charge is 1.92. The first-order chi connectivity index (χ1) is 4.33. The summed E-state index contributed by atoms with van der Waals surface area (Å²) in [6, 6.07) is 1.60. The van der Waals surface area contributed by atoms with Crippen molar-refractivity contribution < 1.29 is 4.52 Å². The third-order valence-corrected chi connectivity index (χ3v) is 0.797. The summed E-state index contributed by atoms with van der Waals surface area (Å²) in [4.78, 5) is 0. The molecule has 0 amide bonds. The smallest absolute Gasteiger partial charge is 0.222 e. The fourth-order valence-corrected chi connectivity index (χ4v) is 0.476. The Morgan fingerprint density at radius 1 is 1.89 bits per heavy atom. The van der Waals surface area contributed by atoms with E-state index in [1.807, 2.05) is 0 Å². The van der Waals surface area contributed by atoms with Crippen molar-refractivity contribution >= 4 is 12.0 Å². The van der Waals surface area contributed by atoms with Crippen LogP contribution in [-0.4, -0.2) is 5.16 Å². The number of rotatable bonds is 1. The molecule has 0 aliphatic heterocycles. The predicted octanol–water partition coefficient (Wildman–Crippen LogP) is 1.05. The van der Waals surface area contributed by atoms with Crippen molar-refractivity contribution in [2.24, 2.45) is 0 Å². The number of nitrogen functional groups attached to an aromatic ring is 1. The van der Waals surface area contributed by atoms with E-state index in [-0.39, 0.29) is 0 Å². The molecular weight excluding hydrogens is 116 g/mol. The normalized spacial score (nSPS) is 8.44. The van der Waals surface area contributed by atoms with Crippen molar-refractivity contribution in [3.05, 3.63) is 24.1 Å². The summed E-state index contributed by atoms with van der Waals surface area (Å²) in [6.07, 6.45) is 1.58. The minimum absolute atomic E-state index is 0.302. The van der Waals surface area contributed by atoms with E-state index in [0.29, 0.717) is 11.6 Å². The lowest BCUT2D eigenvalue weighted by atomic mass is 10.4. The van der Waals surface area contributed by atoms with Crippen LogP contribution in [0.3, 0.4) is 0 Å². The molecule has 0 bridgehead atoms. The van der Waals surface area contributed by atoms with Crippen LogP contribution in [0.4, 0.5) is 5.88 Å². The van der Waals surface area contributed by atoms with Gasteiger partial charge in [-0.05, 0) is 0 Å². The van der Waals surface area contributed by atoms with Gasteiger partial charge in [0.2, 0.25) is 5.88 Å². The maximum Gasteiger partial charge on any atom is 0.222 e. The lowest BCUT2D eigenvalue weighted by molar-refractivity contribution is 0.435. The summed E-state index contributed by atoms with van der Waals surface area (Å²) in [5.41, 5.74) is 8.40. The molecule has 46 valence electrons. The third kappa shape index (κ3) is 1.21. The number of aromatic nitrogens is 1. The van der Waals surface area contributed by atoms with Crippen LogP contribution in [0.25, 0.3) is 6.08 Å². The van der Waals surface area contributed by atoms with Gasteiger partial charge in [-0.25, -0.2) is 0 Å². The first kappa shape index (κ1) is 5.66. The number of nitrogens with zero attached hydrogens (tertiary/aromatic N) is 1. The summed E-state index contributed by atoms with van der Waals surface area (Å²) in [5, 5.41) is 3.55. The van der Waals surface area contributed by atoms with E-state index in [0.717, 1.165) is 0 Å². The average Bonchev–Trinajstić information content (AvgIpc) is 2.17. The van der Waals surface area contributed by atoms with Crippen molar-refractivity contribution in [2.75, 3.05) is 5.73 Å². The second-order valence-electron chi connectivity index (χ2n) is 1.50. The zero-order chi connectivity index (χ0) is 6.69. The third-order valence-electron chi connectivity index (χ3n) is 0.797. The Labute approximate surface area is 52.5 Å². The topological polar surface area (TPSA) is 52.0 Å². The second-order valence-corrected chi connectivity index (χ2v) is 1.50. The molecule has 0 spiro atoms. The van der Waals surface area contributed by atoms with Crippen LogP contribution in [0.5, 0.6) is 0 Å². The molecule has 0 aliphatic carbocycles. The van der Waals surface area contributed by atoms with Gasteiger partial charge in [0.05, 0.1) is 0 Å². The predicted molar refractivity (Wildman–Crippen MR) is 34.5 cm³/mol. The Morgan fingerprint density at radius 3 is 3.11 bits per heavy atom. The van der Waals surface area contributed by atoms with Crippen LogP contribution in [0.15, 0.2) is 22.9 Å². The van der Waals surface area contributed by atoms with Gasteiger partial charge in [0.1, 0.15) is 5.69 Å². The molecule has 1 rings (SSSR count). The van der Waals surface area contributed by atoms with Gasteiger partial charge in [-0.1, -0.05) is 11.7 Å². The largest absolute Gasteiger partial charge is 0.368 e. The highest BCUT2D eigenvalue weighted by Crippen LogP contribution is 2.04. The van der Waals surface area contributed by atoms with E-state index in [9.17, 15) is 0 Å². The maximum absolute atomic E-state index is 5.21. The van der Waals surface area contributed by atoms with Crippen LogP contribution in [0, 0.1) is 0 Å². The zero-order valence-corrected chi connectivity index (χ0v) is 4.79. The standard InChI is InChI=1S/C6H6N2O/c1-2-3-5-4-6(7)9-8-5/h3-4H,1,7H2. The first-order valence-electron chi connectivity index (χ1n) is 2.41. The second kappa shape index (κ2) is 2.20. The molecule has 3 nitrogen and oxygen atoms in total. The molecule has 9 heavy (non-hydrogen) atoms. The molecular formula is C6H6N2O. The van der Waals surface area contributed by atoms with E-state index < -0.39 is 0 Å². The lowest BCUT2D eigenvalue weighted by Crippen LogP contribution is -1.75. The summed E-state index contributed by atoms with van der Waals surface area (Å²) in [5.74, 6) is 0.302. The van der Waals surface area contributed by atoms with Gasteiger partial charge in [0.15, 0.2) is 0 Å². The van der Waals surface area contributed by atoms with Crippen molar-refractivity contribution in [3.8, 4) is 0 Å². The Balaban J connectivity index is 2.97. The highest BCUT2D eigenvalue weighted by atomic mass is 16.5. The molecule has 2 N–H and O–H groups in total. The fourth-order valence-electron chi connectivity index (χ4n) is 0.476. The van der Waals surface area contributed by atoms with Gasteiger partial charge < -0.3 is 10.3 Å². The number of hydrogen-bond donors (Lipinski definition) is 1. The Kier molecular flexibility index (Phi) is 1.38. The molecule has 0 aliphatic rings. The molecule has 3 heteroatoms. The summed E-state index contributed by atoms with van der Waals surface area (Å²) in [6.45, 7) is 3.36. The van der Waals surface area contributed by atoms with Crippen LogP contribution in [-0.2, 0) is 0 Å². The number of hydrogen-bond acceptors (Lipinski definition) is 3. The Bertz CT molecular complexity index is 245. The van der Waals surface area contributed by atoms with Crippen LogP contribution in [0.2, 0.25) is 0 Å². The molecule has 0 saturated heterocycles. The van der Waals surface area contributed by atoms with Crippen LogP contribution in [0.1, 0.15) is 5.69 Å². The molecule has 0 radical (unpaired) electrons. The molecule has 0 unspecified atom stereocenters. The Morgan fingerprint density at radius 2 is 2.67 bits per heavy atom. The van der Waals surface area contributed by atoms with E-state index in [2.05, 4.69) is 22.0 Å². The summed E-state index contributed by atoms with van der Waals surface area (Å²) in [7, 11) is 0. The van der Waals surface area contributed by atoms with Gasteiger partial charge in [-0.2, -0.15) is 0 Å². The fraction of sp³-hybridized carbons (Fsp3) is 0. The van der Waals surface area contributed by atoms with Crippen LogP contribution >= 0.6 is 0 Å². The van der Waals surface area contributed by atoms with E-state index in [1.54, 1.807) is 12.1 Å². The molecule has 0 aromatic carbocycles. The van der Waals surface area contributed by atoms with Gasteiger partial charge >= 0.3 is 0 Å². The summed E-state index contributed by atoms with van der Waals surface area (Å²) < 4.78 is 4.55. The van der Waals surface area contributed by atoms with Crippen molar-refractivity contribution in [1.29, 1.82) is 0 Å². The maximum atomic E-state index is 5.21. The number of anilines is 1. The molecule has 1 aromatic heterocycles.